The van der Waals surface area contributed by atoms with Crippen LogP contribution in [0.2, 0.25) is 0 Å². The van der Waals surface area contributed by atoms with Gasteiger partial charge in [-0.2, -0.15) is 11.8 Å². The molecule has 0 saturated carbocycles. The van der Waals surface area contributed by atoms with Crippen molar-refractivity contribution in [3.63, 3.8) is 0 Å². The van der Waals surface area contributed by atoms with Crippen molar-refractivity contribution in [1.29, 1.82) is 0 Å². The summed E-state index contributed by atoms with van der Waals surface area (Å²) in [5, 5.41) is 24.6. The molecule has 0 aliphatic heterocycles. The Morgan fingerprint density at radius 1 is 1.48 bits per heavy atom. The Hall–Kier alpha value is -1.93. The summed E-state index contributed by atoms with van der Waals surface area (Å²) >= 11 is 1.54. The van der Waals surface area contributed by atoms with E-state index >= 15 is 0 Å². The lowest BCUT2D eigenvalue weighted by atomic mass is 10.1. The Balaban J connectivity index is 2.31. The van der Waals surface area contributed by atoms with Crippen molar-refractivity contribution in [2.45, 2.75) is 12.5 Å². The molecule has 0 spiro atoms. The largest absolute Gasteiger partial charge is 0.387 e. The monoisotopic (exact) mass is 308 g/mol. The van der Waals surface area contributed by atoms with Crippen LogP contribution in [-0.2, 0) is 0 Å². The van der Waals surface area contributed by atoms with E-state index in [1.807, 2.05) is 6.26 Å². The van der Waals surface area contributed by atoms with Gasteiger partial charge in [0, 0.05) is 29.8 Å². The Labute approximate surface area is 125 Å². The molecule has 112 valence electrons. The van der Waals surface area contributed by atoms with Crippen LogP contribution in [0.1, 0.15) is 6.92 Å². The van der Waals surface area contributed by atoms with Gasteiger partial charge in [0.05, 0.1) is 16.0 Å². The standard InChI is InChI=1S/C13H16N4O3S/c1-13(18,7-21-2)6-14-12-10-5-9(17(19)20)3-4-11(10)15-8-16-12/h3-5,8,18H,6-7H2,1-2H3,(H,14,15,16). The molecule has 0 amide bonds. The summed E-state index contributed by atoms with van der Waals surface area (Å²) in [6.07, 6.45) is 3.30. The van der Waals surface area contributed by atoms with Gasteiger partial charge in [-0.3, -0.25) is 10.1 Å². The summed E-state index contributed by atoms with van der Waals surface area (Å²) in [6.45, 7) is 2.02. The van der Waals surface area contributed by atoms with Gasteiger partial charge in [-0.15, -0.1) is 0 Å². The molecule has 2 aromatic rings. The van der Waals surface area contributed by atoms with Gasteiger partial charge in [-0.1, -0.05) is 0 Å². The molecule has 0 radical (unpaired) electrons. The fraction of sp³-hybridized carbons (Fsp3) is 0.385. The van der Waals surface area contributed by atoms with E-state index in [0.29, 0.717) is 29.0 Å². The molecule has 1 aromatic heterocycles. The summed E-state index contributed by atoms with van der Waals surface area (Å²) in [4.78, 5) is 18.6. The second-order valence-electron chi connectivity index (χ2n) is 4.96. The van der Waals surface area contributed by atoms with E-state index in [0.717, 1.165) is 0 Å². The number of nitrogens with one attached hydrogen (secondary N) is 1. The predicted molar refractivity (Wildman–Crippen MR) is 83.7 cm³/mol. The molecule has 1 aromatic carbocycles. The van der Waals surface area contributed by atoms with Crippen molar-refractivity contribution >= 4 is 34.2 Å². The molecule has 7 nitrogen and oxygen atoms in total. The number of nitro groups is 1. The molecule has 1 heterocycles. The first-order chi connectivity index (χ1) is 9.93. The first kappa shape index (κ1) is 15.5. The predicted octanol–water partition coefficient (Wildman–Crippen LogP) is 2.06. The van der Waals surface area contributed by atoms with Crippen molar-refractivity contribution in [3.8, 4) is 0 Å². The normalized spacial score (nSPS) is 13.9. The molecule has 0 aliphatic rings. The maximum atomic E-state index is 10.9. The maximum absolute atomic E-state index is 10.9. The van der Waals surface area contributed by atoms with Crippen LogP contribution in [0.5, 0.6) is 0 Å². The number of rotatable bonds is 6. The fourth-order valence-electron chi connectivity index (χ4n) is 1.94. The summed E-state index contributed by atoms with van der Waals surface area (Å²) in [7, 11) is 0. The number of anilines is 1. The lowest BCUT2D eigenvalue weighted by molar-refractivity contribution is -0.384. The first-order valence-electron chi connectivity index (χ1n) is 6.27. The van der Waals surface area contributed by atoms with Crippen molar-refractivity contribution in [3.05, 3.63) is 34.6 Å². The molecule has 2 rings (SSSR count). The van der Waals surface area contributed by atoms with Gasteiger partial charge in [0.25, 0.3) is 5.69 Å². The second kappa shape index (κ2) is 6.23. The van der Waals surface area contributed by atoms with Gasteiger partial charge in [-0.05, 0) is 19.2 Å². The molecule has 1 unspecified atom stereocenters. The number of aliphatic hydroxyl groups is 1. The number of fused-ring (bicyclic) bond motifs is 1. The van der Waals surface area contributed by atoms with Crippen molar-refractivity contribution in [2.24, 2.45) is 0 Å². The van der Waals surface area contributed by atoms with Gasteiger partial charge in [0.2, 0.25) is 0 Å². The van der Waals surface area contributed by atoms with Gasteiger partial charge in [0.1, 0.15) is 12.1 Å². The van der Waals surface area contributed by atoms with Crippen molar-refractivity contribution in [2.75, 3.05) is 23.9 Å². The van der Waals surface area contributed by atoms with E-state index in [9.17, 15) is 15.2 Å². The Kier molecular flexibility index (Phi) is 4.59. The third-order valence-corrected chi connectivity index (χ3v) is 3.83. The molecule has 1 atom stereocenters. The van der Waals surface area contributed by atoms with E-state index in [-0.39, 0.29) is 5.69 Å². The van der Waals surface area contributed by atoms with Crippen LogP contribution < -0.4 is 5.32 Å². The van der Waals surface area contributed by atoms with Crippen LogP contribution in [0.15, 0.2) is 24.5 Å². The van der Waals surface area contributed by atoms with Crippen LogP contribution in [0.4, 0.5) is 11.5 Å². The Morgan fingerprint density at radius 2 is 2.24 bits per heavy atom. The maximum Gasteiger partial charge on any atom is 0.270 e. The number of hydrogen-bond donors (Lipinski definition) is 2. The summed E-state index contributed by atoms with van der Waals surface area (Å²) < 4.78 is 0. The van der Waals surface area contributed by atoms with E-state index in [2.05, 4.69) is 15.3 Å². The minimum absolute atomic E-state index is 0.0174. The van der Waals surface area contributed by atoms with Crippen molar-refractivity contribution in [1.82, 2.24) is 9.97 Å². The summed E-state index contributed by atoms with van der Waals surface area (Å²) in [5.41, 5.74) is -0.295. The Bertz CT molecular complexity index is 663. The van der Waals surface area contributed by atoms with Crippen molar-refractivity contribution < 1.29 is 10.0 Å². The zero-order valence-corrected chi connectivity index (χ0v) is 12.6. The van der Waals surface area contributed by atoms with Gasteiger partial charge >= 0.3 is 0 Å². The quantitative estimate of drug-likeness (QED) is 0.622. The zero-order valence-electron chi connectivity index (χ0n) is 11.7. The van der Waals surface area contributed by atoms with Crippen LogP contribution >= 0.6 is 11.8 Å². The number of nitro benzene ring substituents is 1. The minimum atomic E-state index is -0.891. The highest BCUT2D eigenvalue weighted by molar-refractivity contribution is 7.98. The molecule has 21 heavy (non-hydrogen) atoms. The topological polar surface area (TPSA) is 101 Å². The highest BCUT2D eigenvalue weighted by Crippen LogP contribution is 2.24. The minimum Gasteiger partial charge on any atom is -0.387 e. The number of hydrogen-bond acceptors (Lipinski definition) is 7. The molecule has 0 fully saturated rings. The summed E-state index contributed by atoms with van der Waals surface area (Å²) in [5.74, 6) is 1.05. The average Bonchev–Trinajstić information content (AvgIpc) is 2.44. The summed E-state index contributed by atoms with van der Waals surface area (Å²) in [6, 6.07) is 4.42. The number of benzene rings is 1. The number of aromatic nitrogens is 2. The lowest BCUT2D eigenvalue weighted by Crippen LogP contribution is -2.36. The van der Waals surface area contributed by atoms with Gasteiger partial charge < -0.3 is 10.4 Å². The second-order valence-corrected chi connectivity index (χ2v) is 5.83. The van der Waals surface area contributed by atoms with Gasteiger partial charge in [0.15, 0.2) is 0 Å². The third kappa shape index (κ3) is 3.79. The average molecular weight is 308 g/mol. The number of non-ortho nitro benzene ring substituents is 1. The molecular weight excluding hydrogens is 292 g/mol. The van der Waals surface area contributed by atoms with Crippen LogP contribution in [-0.4, -0.2) is 44.2 Å². The fourth-order valence-corrected chi connectivity index (χ4v) is 2.66. The molecule has 2 N–H and O–H groups in total. The zero-order chi connectivity index (χ0) is 15.5. The first-order valence-corrected chi connectivity index (χ1v) is 7.67. The third-order valence-electron chi connectivity index (χ3n) is 2.92. The highest BCUT2D eigenvalue weighted by atomic mass is 32.2. The van der Waals surface area contributed by atoms with E-state index in [4.69, 9.17) is 0 Å². The van der Waals surface area contributed by atoms with E-state index < -0.39 is 10.5 Å². The SMILES string of the molecule is CSCC(C)(O)CNc1ncnc2ccc([N+](=O)[O-])cc12. The smallest absolute Gasteiger partial charge is 0.270 e. The number of nitrogens with zero attached hydrogens (tertiary/aromatic N) is 3. The molecule has 0 saturated heterocycles. The molecule has 0 aliphatic carbocycles. The molecule has 8 heteroatoms. The van der Waals surface area contributed by atoms with Crippen LogP contribution in [0, 0.1) is 10.1 Å². The number of thioether (sulfide) groups is 1. The van der Waals surface area contributed by atoms with Gasteiger partial charge in [-0.25, -0.2) is 9.97 Å². The highest BCUT2D eigenvalue weighted by Gasteiger charge is 2.20. The molecular formula is C13H16N4O3S. The van der Waals surface area contributed by atoms with E-state index in [1.165, 1.54) is 18.5 Å². The lowest BCUT2D eigenvalue weighted by Gasteiger charge is -2.23. The van der Waals surface area contributed by atoms with Crippen LogP contribution in [0.3, 0.4) is 0 Å². The Morgan fingerprint density at radius 3 is 2.90 bits per heavy atom. The van der Waals surface area contributed by atoms with E-state index in [1.54, 1.807) is 24.8 Å². The van der Waals surface area contributed by atoms with Crippen LogP contribution in [0.25, 0.3) is 10.9 Å². The molecule has 0 bridgehead atoms.